The van der Waals surface area contributed by atoms with Gasteiger partial charge >= 0.3 is 5.97 Å². The van der Waals surface area contributed by atoms with Gasteiger partial charge in [0.15, 0.2) is 0 Å². The van der Waals surface area contributed by atoms with Crippen LogP contribution >= 0.6 is 0 Å². The van der Waals surface area contributed by atoms with Crippen molar-refractivity contribution >= 4 is 27.8 Å². The third kappa shape index (κ3) is 1.93. The monoisotopic (exact) mass is 320 g/mol. The van der Waals surface area contributed by atoms with Gasteiger partial charge in [0.1, 0.15) is 17.1 Å². The fourth-order valence-corrected chi connectivity index (χ4v) is 3.16. The Morgan fingerprint density at radius 3 is 2.54 bits per heavy atom. The van der Waals surface area contributed by atoms with Gasteiger partial charge in [-0.05, 0) is 25.1 Å². The van der Waals surface area contributed by atoms with E-state index < -0.39 is 5.97 Å². The van der Waals surface area contributed by atoms with Gasteiger partial charge in [-0.25, -0.2) is 9.78 Å². The van der Waals surface area contributed by atoms with Crippen molar-refractivity contribution in [1.82, 2.24) is 19.3 Å². The molecule has 3 aromatic heterocycles. The summed E-state index contributed by atoms with van der Waals surface area (Å²) in [4.78, 5) is 15.9. The topological polar surface area (TPSA) is 72.9 Å². The van der Waals surface area contributed by atoms with Crippen molar-refractivity contribution in [2.75, 3.05) is 0 Å². The molecule has 0 atom stereocenters. The molecule has 6 nitrogen and oxygen atoms in total. The van der Waals surface area contributed by atoms with Crippen LogP contribution in [0, 0.1) is 6.92 Å². The molecule has 3 heterocycles. The van der Waals surface area contributed by atoms with E-state index in [0.717, 1.165) is 27.5 Å². The minimum absolute atomic E-state index is 0.0251. The van der Waals surface area contributed by atoms with Gasteiger partial charge in [0, 0.05) is 36.1 Å². The van der Waals surface area contributed by atoms with Crippen LogP contribution in [0.4, 0.5) is 0 Å². The van der Waals surface area contributed by atoms with Crippen molar-refractivity contribution in [3.8, 4) is 11.4 Å². The van der Waals surface area contributed by atoms with Crippen LogP contribution in [0.2, 0.25) is 0 Å². The third-order valence-corrected chi connectivity index (χ3v) is 4.46. The number of carboxylic acid groups (broad SMARTS) is 1. The molecule has 0 aliphatic carbocycles. The van der Waals surface area contributed by atoms with Crippen LogP contribution in [0.1, 0.15) is 16.2 Å². The molecule has 0 unspecified atom stereocenters. The van der Waals surface area contributed by atoms with E-state index >= 15 is 0 Å². The lowest BCUT2D eigenvalue weighted by Gasteiger charge is -2.05. The number of rotatable bonds is 2. The largest absolute Gasteiger partial charge is 0.477 e. The first-order valence-corrected chi connectivity index (χ1v) is 7.60. The molecule has 0 aliphatic heterocycles. The first kappa shape index (κ1) is 14.4. The van der Waals surface area contributed by atoms with E-state index in [2.05, 4.69) is 10.1 Å². The van der Waals surface area contributed by atoms with Crippen LogP contribution in [0.5, 0.6) is 0 Å². The quantitative estimate of drug-likeness (QED) is 0.616. The maximum absolute atomic E-state index is 11.5. The van der Waals surface area contributed by atoms with Gasteiger partial charge in [-0.2, -0.15) is 5.10 Å². The Labute approximate surface area is 138 Å². The van der Waals surface area contributed by atoms with Gasteiger partial charge in [-0.1, -0.05) is 18.2 Å². The number of aromatic carboxylic acids is 1. The Balaban J connectivity index is 2.20. The SMILES string of the molecule is Cc1cc(-c2nc(C(=O)O)cc3c4ccccc4n(C)c23)nn1C. The minimum atomic E-state index is -1.04. The van der Waals surface area contributed by atoms with Crippen LogP contribution < -0.4 is 0 Å². The molecule has 120 valence electrons. The van der Waals surface area contributed by atoms with Crippen molar-refractivity contribution in [2.24, 2.45) is 14.1 Å². The highest BCUT2D eigenvalue weighted by Gasteiger charge is 2.20. The lowest BCUT2D eigenvalue weighted by atomic mass is 10.1. The molecule has 0 amide bonds. The number of aryl methyl sites for hydroxylation is 3. The van der Waals surface area contributed by atoms with Crippen LogP contribution in [0.25, 0.3) is 33.2 Å². The van der Waals surface area contributed by atoms with Gasteiger partial charge in [0.05, 0.1) is 5.52 Å². The Kier molecular flexibility index (Phi) is 2.96. The fourth-order valence-electron chi connectivity index (χ4n) is 3.16. The molecule has 4 aromatic rings. The summed E-state index contributed by atoms with van der Waals surface area (Å²) in [6.07, 6.45) is 0. The predicted molar refractivity (Wildman–Crippen MR) is 92.1 cm³/mol. The van der Waals surface area contributed by atoms with Crippen molar-refractivity contribution < 1.29 is 9.90 Å². The molecule has 24 heavy (non-hydrogen) atoms. The van der Waals surface area contributed by atoms with E-state index in [1.807, 2.05) is 55.9 Å². The summed E-state index contributed by atoms with van der Waals surface area (Å²) in [5.41, 5.74) is 4.20. The zero-order valence-corrected chi connectivity index (χ0v) is 13.6. The molecular formula is C18H16N4O2. The minimum Gasteiger partial charge on any atom is -0.477 e. The Hall–Kier alpha value is -3.15. The number of para-hydroxylation sites is 1. The van der Waals surface area contributed by atoms with Crippen LogP contribution in [0.15, 0.2) is 36.4 Å². The molecular weight excluding hydrogens is 304 g/mol. The van der Waals surface area contributed by atoms with Gasteiger partial charge < -0.3 is 9.67 Å². The van der Waals surface area contributed by atoms with E-state index in [9.17, 15) is 9.90 Å². The smallest absolute Gasteiger partial charge is 0.354 e. The van der Waals surface area contributed by atoms with Gasteiger partial charge in [0.25, 0.3) is 0 Å². The maximum Gasteiger partial charge on any atom is 0.354 e. The van der Waals surface area contributed by atoms with Crippen LogP contribution in [0.3, 0.4) is 0 Å². The molecule has 1 N–H and O–H groups in total. The summed E-state index contributed by atoms with van der Waals surface area (Å²) < 4.78 is 3.81. The van der Waals surface area contributed by atoms with Gasteiger partial charge in [0.2, 0.25) is 0 Å². The summed E-state index contributed by atoms with van der Waals surface area (Å²) >= 11 is 0. The number of nitrogens with zero attached hydrogens (tertiary/aromatic N) is 4. The fraction of sp³-hybridized carbons (Fsp3) is 0.167. The first-order chi connectivity index (χ1) is 11.5. The Morgan fingerprint density at radius 2 is 1.88 bits per heavy atom. The molecule has 0 spiro atoms. The highest BCUT2D eigenvalue weighted by atomic mass is 16.4. The summed E-state index contributed by atoms with van der Waals surface area (Å²) in [6, 6.07) is 11.5. The van der Waals surface area contributed by atoms with E-state index in [0.29, 0.717) is 11.4 Å². The van der Waals surface area contributed by atoms with Crippen molar-refractivity contribution in [1.29, 1.82) is 0 Å². The summed E-state index contributed by atoms with van der Waals surface area (Å²) in [5.74, 6) is -1.04. The van der Waals surface area contributed by atoms with Gasteiger partial charge in [-0.3, -0.25) is 4.68 Å². The zero-order valence-electron chi connectivity index (χ0n) is 13.6. The summed E-state index contributed by atoms with van der Waals surface area (Å²) in [7, 11) is 3.82. The van der Waals surface area contributed by atoms with Crippen LogP contribution in [-0.4, -0.2) is 30.4 Å². The third-order valence-electron chi connectivity index (χ3n) is 4.46. The highest BCUT2D eigenvalue weighted by molar-refractivity contribution is 6.13. The number of carboxylic acids is 1. The lowest BCUT2D eigenvalue weighted by molar-refractivity contribution is 0.0691. The van der Waals surface area contributed by atoms with Crippen LogP contribution in [-0.2, 0) is 14.1 Å². The van der Waals surface area contributed by atoms with E-state index in [-0.39, 0.29) is 5.69 Å². The molecule has 0 radical (unpaired) electrons. The number of fused-ring (bicyclic) bond motifs is 3. The predicted octanol–water partition coefficient (Wildman–Crippen LogP) is 3.13. The Bertz CT molecular complexity index is 1100. The van der Waals surface area contributed by atoms with E-state index in [1.165, 1.54) is 0 Å². The maximum atomic E-state index is 11.5. The van der Waals surface area contributed by atoms with Gasteiger partial charge in [-0.15, -0.1) is 0 Å². The average molecular weight is 320 g/mol. The summed E-state index contributed by atoms with van der Waals surface area (Å²) in [6.45, 7) is 1.95. The molecule has 1 aromatic carbocycles. The second kappa shape index (κ2) is 4.92. The normalized spacial score (nSPS) is 11.5. The number of pyridine rings is 1. The standard InChI is InChI=1S/C18H16N4O2/c1-10-8-13(20-22(10)3)16-17-12(9-14(19-16)18(23)24)11-6-4-5-7-15(11)21(17)2/h4-9H,1-3H3,(H,23,24). The highest BCUT2D eigenvalue weighted by Crippen LogP contribution is 2.34. The first-order valence-electron chi connectivity index (χ1n) is 7.60. The number of hydrogen-bond donors (Lipinski definition) is 1. The molecule has 0 saturated carbocycles. The molecule has 4 rings (SSSR count). The molecule has 0 bridgehead atoms. The number of benzene rings is 1. The lowest BCUT2D eigenvalue weighted by Crippen LogP contribution is -2.03. The second-order valence-electron chi connectivity index (χ2n) is 5.93. The molecule has 0 saturated heterocycles. The average Bonchev–Trinajstić information content (AvgIpc) is 3.05. The van der Waals surface area contributed by atoms with E-state index in [4.69, 9.17) is 0 Å². The number of aromatic nitrogens is 4. The summed E-state index contributed by atoms with van der Waals surface area (Å²) in [5, 5.41) is 15.8. The number of carbonyl (C=O) groups is 1. The molecule has 0 fully saturated rings. The van der Waals surface area contributed by atoms with E-state index in [1.54, 1.807) is 10.7 Å². The zero-order chi connectivity index (χ0) is 17.0. The molecule has 0 aliphatic rings. The Morgan fingerprint density at radius 1 is 1.12 bits per heavy atom. The van der Waals surface area contributed by atoms with Crippen molar-refractivity contribution in [3.63, 3.8) is 0 Å². The number of hydrogen-bond acceptors (Lipinski definition) is 3. The van der Waals surface area contributed by atoms with Crippen molar-refractivity contribution in [3.05, 3.63) is 47.8 Å². The second-order valence-corrected chi connectivity index (χ2v) is 5.93. The molecule has 6 heteroatoms. The van der Waals surface area contributed by atoms with Crippen molar-refractivity contribution in [2.45, 2.75) is 6.92 Å².